The summed E-state index contributed by atoms with van der Waals surface area (Å²) >= 11 is 6.08. The Morgan fingerprint density at radius 2 is 1.83 bits per heavy atom. The molecule has 118 valence electrons. The quantitative estimate of drug-likeness (QED) is 0.735. The zero-order valence-corrected chi connectivity index (χ0v) is 13.9. The molecule has 0 radical (unpaired) electrons. The van der Waals surface area contributed by atoms with Crippen molar-refractivity contribution in [3.05, 3.63) is 53.2 Å². The van der Waals surface area contributed by atoms with Gasteiger partial charge in [0.05, 0.1) is 24.8 Å². The number of aryl methyl sites for hydroxylation is 1. The van der Waals surface area contributed by atoms with Gasteiger partial charge in [-0.3, -0.25) is 4.98 Å². The Morgan fingerprint density at radius 3 is 2.57 bits per heavy atom. The topological polar surface area (TPSA) is 43.4 Å². The fourth-order valence-corrected chi connectivity index (χ4v) is 2.66. The lowest BCUT2D eigenvalue weighted by molar-refractivity contribution is 0.415. The van der Waals surface area contributed by atoms with Crippen LogP contribution in [-0.4, -0.2) is 19.2 Å². The lowest BCUT2D eigenvalue weighted by Gasteiger charge is -2.13. The van der Waals surface area contributed by atoms with Crippen molar-refractivity contribution in [1.82, 2.24) is 4.98 Å². The first-order chi connectivity index (χ1) is 11.1. The van der Waals surface area contributed by atoms with E-state index in [1.807, 2.05) is 43.3 Å². The number of methoxy groups -OCH3 is 2. The van der Waals surface area contributed by atoms with Crippen LogP contribution in [0.4, 0.5) is 11.4 Å². The summed E-state index contributed by atoms with van der Waals surface area (Å²) in [7, 11) is 3.25. The molecule has 0 amide bonds. The van der Waals surface area contributed by atoms with E-state index in [0.29, 0.717) is 10.8 Å². The standard InChI is InChI=1S/C18H17ClN2O2/c1-11-8-17(14-10-13(22-2)5-7-16(14)20-11)21-12-4-6-15(19)18(9-12)23-3/h4-10H,1-3H3,(H,20,21). The molecule has 23 heavy (non-hydrogen) atoms. The third-order valence-corrected chi connectivity index (χ3v) is 3.89. The number of nitrogens with zero attached hydrogens (tertiary/aromatic N) is 1. The van der Waals surface area contributed by atoms with Crippen LogP contribution in [0.5, 0.6) is 11.5 Å². The van der Waals surface area contributed by atoms with Gasteiger partial charge in [0.1, 0.15) is 11.5 Å². The number of hydrogen-bond donors (Lipinski definition) is 1. The van der Waals surface area contributed by atoms with Crippen LogP contribution in [0.15, 0.2) is 42.5 Å². The molecule has 0 aliphatic rings. The van der Waals surface area contributed by atoms with E-state index < -0.39 is 0 Å². The van der Waals surface area contributed by atoms with E-state index in [4.69, 9.17) is 21.1 Å². The Morgan fingerprint density at radius 1 is 1.00 bits per heavy atom. The summed E-state index contributed by atoms with van der Waals surface area (Å²) in [5.74, 6) is 1.42. The van der Waals surface area contributed by atoms with E-state index in [1.165, 1.54) is 0 Å². The highest BCUT2D eigenvalue weighted by atomic mass is 35.5. The summed E-state index contributed by atoms with van der Waals surface area (Å²) < 4.78 is 10.6. The highest BCUT2D eigenvalue weighted by Crippen LogP contribution is 2.32. The summed E-state index contributed by atoms with van der Waals surface area (Å²) in [5.41, 5.74) is 3.69. The van der Waals surface area contributed by atoms with E-state index >= 15 is 0 Å². The molecule has 1 N–H and O–H groups in total. The van der Waals surface area contributed by atoms with Crippen LogP contribution in [0.1, 0.15) is 5.69 Å². The lowest BCUT2D eigenvalue weighted by atomic mass is 10.1. The van der Waals surface area contributed by atoms with Gasteiger partial charge in [0, 0.05) is 28.5 Å². The molecule has 3 aromatic rings. The number of hydrogen-bond acceptors (Lipinski definition) is 4. The minimum atomic E-state index is 0.579. The number of benzene rings is 2. The van der Waals surface area contributed by atoms with Crippen LogP contribution < -0.4 is 14.8 Å². The number of anilines is 2. The van der Waals surface area contributed by atoms with Crippen molar-refractivity contribution in [3.63, 3.8) is 0 Å². The van der Waals surface area contributed by atoms with Crippen LogP contribution in [-0.2, 0) is 0 Å². The van der Waals surface area contributed by atoms with Crippen LogP contribution in [0.2, 0.25) is 5.02 Å². The SMILES string of the molecule is COc1ccc2nc(C)cc(Nc3ccc(Cl)c(OC)c3)c2c1. The summed E-state index contributed by atoms with van der Waals surface area (Å²) in [4.78, 5) is 4.56. The van der Waals surface area contributed by atoms with Crippen molar-refractivity contribution < 1.29 is 9.47 Å². The van der Waals surface area contributed by atoms with Crippen molar-refractivity contribution in [3.8, 4) is 11.5 Å². The number of pyridine rings is 1. The first-order valence-electron chi connectivity index (χ1n) is 7.16. The van der Waals surface area contributed by atoms with Crippen molar-refractivity contribution in [2.75, 3.05) is 19.5 Å². The molecular weight excluding hydrogens is 312 g/mol. The van der Waals surface area contributed by atoms with Gasteiger partial charge >= 0.3 is 0 Å². The van der Waals surface area contributed by atoms with Gasteiger partial charge in [-0.1, -0.05) is 11.6 Å². The second-order valence-electron chi connectivity index (χ2n) is 5.17. The predicted molar refractivity (Wildman–Crippen MR) is 94.3 cm³/mol. The largest absolute Gasteiger partial charge is 0.497 e. The van der Waals surface area contributed by atoms with Gasteiger partial charge < -0.3 is 14.8 Å². The zero-order valence-electron chi connectivity index (χ0n) is 13.2. The van der Waals surface area contributed by atoms with Crippen molar-refractivity contribution in [1.29, 1.82) is 0 Å². The molecule has 4 nitrogen and oxygen atoms in total. The molecule has 0 atom stereocenters. The van der Waals surface area contributed by atoms with Gasteiger partial charge in [0.2, 0.25) is 0 Å². The summed E-state index contributed by atoms with van der Waals surface area (Å²) in [6.07, 6.45) is 0. The molecule has 2 aromatic carbocycles. The smallest absolute Gasteiger partial charge is 0.139 e. The molecule has 0 bridgehead atoms. The van der Waals surface area contributed by atoms with Crippen LogP contribution in [0, 0.1) is 6.92 Å². The molecule has 1 aromatic heterocycles. The van der Waals surface area contributed by atoms with Crippen LogP contribution in [0.25, 0.3) is 10.9 Å². The van der Waals surface area contributed by atoms with Gasteiger partial charge in [0.15, 0.2) is 0 Å². The molecular formula is C18H17ClN2O2. The zero-order chi connectivity index (χ0) is 16.4. The Labute approximate surface area is 140 Å². The lowest BCUT2D eigenvalue weighted by Crippen LogP contribution is -1.96. The minimum Gasteiger partial charge on any atom is -0.497 e. The molecule has 0 saturated heterocycles. The van der Waals surface area contributed by atoms with Crippen molar-refractivity contribution in [2.45, 2.75) is 6.92 Å². The number of nitrogens with one attached hydrogen (secondary N) is 1. The normalized spacial score (nSPS) is 10.6. The second kappa shape index (κ2) is 6.34. The number of rotatable bonds is 4. The molecule has 0 aliphatic heterocycles. The fraction of sp³-hybridized carbons (Fsp3) is 0.167. The Kier molecular flexibility index (Phi) is 4.26. The van der Waals surface area contributed by atoms with Gasteiger partial charge in [-0.15, -0.1) is 0 Å². The Hall–Kier alpha value is -2.46. The predicted octanol–water partition coefficient (Wildman–Crippen LogP) is 4.96. The molecule has 0 unspecified atom stereocenters. The number of aromatic nitrogens is 1. The van der Waals surface area contributed by atoms with Gasteiger partial charge in [-0.2, -0.15) is 0 Å². The average Bonchev–Trinajstić information content (AvgIpc) is 2.56. The van der Waals surface area contributed by atoms with E-state index in [0.717, 1.165) is 33.7 Å². The molecule has 0 saturated carbocycles. The Bertz CT molecular complexity index is 865. The number of fused-ring (bicyclic) bond motifs is 1. The summed E-state index contributed by atoms with van der Waals surface area (Å²) in [6, 6.07) is 13.4. The third kappa shape index (κ3) is 3.17. The molecule has 0 spiro atoms. The maximum Gasteiger partial charge on any atom is 0.139 e. The highest BCUT2D eigenvalue weighted by molar-refractivity contribution is 6.32. The van der Waals surface area contributed by atoms with Gasteiger partial charge in [-0.25, -0.2) is 0 Å². The highest BCUT2D eigenvalue weighted by Gasteiger charge is 2.08. The monoisotopic (exact) mass is 328 g/mol. The fourth-order valence-electron chi connectivity index (χ4n) is 2.46. The van der Waals surface area contributed by atoms with Crippen molar-refractivity contribution >= 4 is 33.9 Å². The van der Waals surface area contributed by atoms with Crippen LogP contribution in [0.3, 0.4) is 0 Å². The van der Waals surface area contributed by atoms with Gasteiger partial charge in [0.25, 0.3) is 0 Å². The van der Waals surface area contributed by atoms with E-state index in [2.05, 4.69) is 10.3 Å². The Balaban J connectivity index is 2.08. The molecule has 0 fully saturated rings. The third-order valence-electron chi connectivity index (χ3n) is 3.57. The summed E-state index contributed by atoms with van der Waals surface area (Å²) in [5, 5.41) is 4.98. The maximum absolute atomic E-state index is 6.08. The number of halogens is 1. The molecule has 1 heterocycles. The van der Waals surface area contributed by atoms with Crippen molar-refractivity contribution in [2.24, 2.45) is 0 Å². The van der Waals surface area contributed by atoms with Crippen LogP contribution >= 0.6 is 11.6 Å². The van der Waals surface area contributed by atoms with Gasteiger partial charge in [-0.05, 0) is 43.3 Å². The number of ether oxygens (including phenoxy) is 2. The summed E-state index contributed by atoms with van der Waals surface area (Å²) in [6.45, 7) is 1.97. The molecule has 0 aliphatic carbocycles. The molecule has 3 rings (SSSR count). The maximum atomic E-state index is 6.08. The second-order valence-corrected chi connectivity index (χ2v) is 5.58. The first kappa shape index (κ1) is 15.4. The minimum absolute atomic E-state index is 0.579. The van der Waals surface area contributed by atoms with E-state index in [-0.39, 0.29) is 0 Å². The van der Waals surface area contributed by atoms with E-state index in [9.17, 15) is 0 Å². The average molecular weight is 329 g/mol. The molecule has 5 heteroatoms. The first-order valence-corrected chi connectivity index (χ1v) is 7.54. The van der Waals surface area contributed by atoms with E-state index in [1.54, 1.807) is 20.3 Å².